The topological polar surface area (TPSA) is 53.0 Å². The molecule has 1 fully saturated rings. The molecule has 1 aliphatic rings. The van der Waals surface area contributed by atoms with E-state index in [0.717, 1.165) is 52.3 Å². The number of carbonyl (C=O) groups is 1. The van der Waals surface area contributed by atoms with Crippen molar-refractivity contribution in [1.82, 2.24) is 9.80 Å². The monoisotopic (exact) mass is 244 g/mol. The summed E-state index contributed by atoms with van der Waals surface area (Å²) in [5.74, 6) is 0. The summed E-state index contributed by atoms with van der Waals surface area (Å²) < 4.78 is 5.06. The second kappa shape index (κ2) is 8.58. The van der Waals surface area contributed by atoms with Crippen LogP contribution in [0.1, 0.15) is 12.8 Å². The smallest absolute Gasteiger partial charge is 0.148 e. The number of aliphatic hydroxyl groups excluding tert-OH is 1. The van der Waals surface area contributed by atoms with Crippen LogP contribution in [-0.2, 0) is 9.53 Å². The Morgan fingerprint density at radius 1 is 1.24 bits per heavy atom. The van der Waals surface area contributed by atoms with Crippen LogP contribution in [0.5, 0.6) is 0 Å². The Labute approximate surface area is 103 Å². The zero-order valence-electron chi connectivity index (χ0n) is 10.7. The zero-order chi connectivity index (χ0) is 12.5. The van der Waals surface area contributed by atoms with Crippen LogP contribution in [0.15, 0.2) is 0 Å². The van der Waals surface area contributed by atoms with E-state index in [9.17, 15) is 4.79 Å². The van der Waals surface area contributed by atoms with Crippen LogP contribution >= 0.6 is 0 Å². The standard InChI is InChI=1S/C12H24N2O3/c1-17-10-9-14-7-5-13(6-8-14)4-2-3-12(16)11-15/h11-12,16H,2-10H2,1H3. The Hall–Kier alpha value is -0.490. The minimum absolute atomic E-state index is 0.577. The number of aliphatic hydroxyl groups is 1. The van der Waals surface area contributed by atoms with E-state index < -0.39 is 6.10 Å². The maximum absolute atomic E-state index is 10.2. The normalized spacial score (nSPS) is 20.4. The van der Waals surface area contributed by atoms with Gasteiger partial charge < -0.3 is 19.5 Å². The third kappa shape index (κ3) is 6.12. The van der Waals surface area contributed by atoms with E-state index >= 15 is 0 Å². The van der Waals surface area contributed by atoms with Gasteiger partial charge in [-0.1, -0.05) is 0 Å². The lowest BCUT2D eigenvalue weighted by Crippen LogP contribution is -2.47. The molecule has 5 nitrogen and oxygen atoms in total. The molecule has 0 spiro atoms. The fourth-order valence-electron chi connectivity index (χ4n) is 2.05. The number of hydrogen-bond donors (Lipinski definition) is 1. The van der Waals surface area contributed by atoms with Gasteiger partial charge in [0.15, 0.2) is 0 Å². The maximum Gasteiger partial charge on any atom is 0.148 e. The first-order chi connectivity index (χ1) is 8.26. The highest BCUT2D eigenvalue weighted by Gasteiger charge is 2.16. The molecular weight excluding hydrogens is 220 g/mol. The highest BCUT2D eigenvalue weighted by molar-refractivity contribution is 5.55. The molecule has 1 heterocycles. The third-order valence-corrected chi connectivity index (χ3v) is 3.21. The molecule has 0 amide bonds. The van der Waals surface area contributed by atoms with E-state index in [1.54, 1.807) is 7.11 Å². The summed E-state index contributed by atoms with van der Waals surface area (Å²) in [5, 5.41) is 9.12. The molecule has 5 heteroatoms. The number of rotatable bonds is 8. The average Bonchev–Trinajstić information content (AvgIpc) is 2.37. The van der Waals surface area contributed by atoms with Crippen LogP contribution < -0.4 is 0 Å². The maximum atomic E-state index is 10.2. The van der Waals surface area contributed by atoms with Gasteiger partial charge in [-0.3, -0.25) is 4.90 Å². The van der Waals surface area contributed by atoms with E-state index in [2.05, 4.69) is 9.80 Å². The molecule has 1 unspecified atom stereocenters. The Balaban J connectivity index is 2.04. The van der Waals surface area contributed by atoms with Crippen molar-refractivity contribution < 1.29 is 14.6 Å². The molecule has 0 aromatic rings. The van der Waals surface area contributed by atoms with Gasteiger partial charge in [-0.15, -0.1) is 0 Å². The molecule has 1 saturated heterocycles. The van der Waals surface area contributed by atoms with Crippen molar-refractivity contribution in [2.45, 2.75) is 18.9 Å². The molecule has 100 valence electrons. The molecule has 1 rings (SSSR count). The van der Waals surface area contributed by atoms with Crippen molar-refractivity contribution in [3.8, 4) is 0 Å². The van der Waals surface area contributed by atoms with Crippen LogP contribution in [0.2, 0.25) is 0 Å². The van der Waals surface area contributed by atoms with E-state index in [1.165, 1.54) is 0 Å². The number of carbonyl (C=O) groups excluding carboxylic acids is 1. The molecule has 0 aliphatic carbocycles. The predicted molar refractivity (Wildman–Crippen MR) is 66.1 cm³/mol. The van der Waals surface area contributed by atoms with Crippen LogP contribution in [0.3, 0.4) is 0 Å². The number of piperazine rings is 1. The van der Waals surface area contributed by atoms with Crippen molar-refractivity contribution in [3.63, 3.8) is 0 Å². The summed E-state index contributed by atoms with van der Waals surface area (Å²) in [4.78, 5) is 15.0. The van der Waals surface area contributed by atoms with Crippen molar-refractivity contribution in [3.05, 3.63) is 0 Å². The Morgan fingerprint density at radius 2 is 1.82 bits per heavy atom. The lowest BCUT2D eigenvalue weighted by atomic mass is 10.2. The van der Waals surface area contributed by atoms with Gasteiger partial charge >= 0.3 is 0 Å². The van der Waals surface area contributed by atoms with Gasteiger partial charge in [-0.25, -0.2) is 0 Å². The molecule has 0 aromatic carbocycles. The van der Waals surface area contributed by atoms with Gasteiger partial charge in [0, 0.05) is 39.8 Å². The number of ether oxygens (including phenoxy) is 1. The molecule has 0 aromatic heterocycles. The predicted octanol–water partition coefficient (Wildman–Crippen LogP) is -0.410. The molecule has 1 aliphatic heterocycles. The van der Waals surface area contributed by atoms with E-state index in [4.69, 9.17) is 9.84 Å². The molecule has 1 N–H and O–H groups in total. The summed E-state index contributed by atoms with van der Waals surface area (Å²) in [5.41, 5.74) is 0. The first-order valence-corrected chi connectivity index (χ1v) is 6.33. The fourth-order valence-corrected chi connectivity index (χ4v) is 2.05. The van der Waals surface area contributed by atoms with Gasteiger partial charge in [-0.2, -0.15) is 0 Å². The van der Waals surface area contributed by atoms with Gasteiger partial charge in [0.05, 0.1) is 6.61 Å². The van der Waals surface area contributed by atoms with Crippen LogP contribution in [0.4, 0.5) is 0 Å². The molecule has 17 heavy (non-hydrogen) atoms. The van der Waals surface area contributed by atoms with Crippen LogP contribution in [0, 0.1) is 0 Å². The van der Waals surface area contributed by atoms with Gasteiger partial charge in [0.25, 0.3) is 0 Å². The van der Waals surface area contributed by atoms with Crippen molar-refractivity contribution in [2.75, 3.05) is 53.0 Å². The minimum atomic E-state index is -0.780. The Bertz CT molecular complexity index is 206. The SMILES string of the molecule is COCCN1CCN(CCCC(O)C=O)CC1. The Morgan fingerprint density at radius 3 is 2.35 bits per heavy atom. The highest BCUT2D eigenvalue weighted by Crippen LogP contribution is 2.04. The molecule has 0 radical (unpaired) electrons. The summed E-state index contributed by atoms with van der Waals surface area (Å²) in [6, 6.07) is 0. The van der Waals surface area contributed by atoms with E-state index in [-0.39, 0.29) is 0 Å². The Kier molecular flexibility index (Phi) is 7.35. The summed E-state index contributed by atoms with van der Waals surface area (Å²) >= 11 is 0. The second-order valence-electron chi connectivity index (χ2n) is 4.52. The first-order valence-electron chi connectivity index (χ1n) is 6.33. The average molecular weight is 244 g/mol. The number of aldehydes is 1. The number of hydrogen-bond acceptors (Lipinski definition) is 5. The highest BCUT2D eigenvalue weighted by atomic mass is 16.5. The summed E-state index contributed by atoms with van der Waals surface area (Å²) in [6.07, 6.45) is 1.30. The number of methoxy groups -OCH3 is 1. The molecule has 1 atom stereocenters. The van der Waals surface area contributed by atoms with Crippen LogP contribution in [0.25, 0.3) is 0 Å². The van der Waals surface area contributed by atoms with Crippen molar-refractivity contribution in [2.24, 2.45) is 0 Å². The van der Waals surface area contributed by atoms with Gasteiger partial charge in [-0.05, 0) is 19.4 Å². The largest absolute Gasteiger partial charge is 0.386 e. The minimum Gasteiger partial charge on any atom is -0.386 e. The van der Waals surface area contributed by atoms with Crippen molar-refractivity contribution >= 4 is 6.29 Å². The quantitative estimate of drug-likeness (QED) is 0.588. The fraction of sp³-hybridized carbons (Fsp3) is 0.917. The lowest BCUT2D eigenvalue weighted by molar-refractivity contribution is -0.115. The second-order valence-corrected chi connectivity index (χ2v) is 4.52. The molecular formula is C12H24N2O3. The van der Waals surface area contributed by atoms with Gasteiger partial charge in [0.1, 0.15) is 12.4 Å². The van der Waals surface area contributed by atoms with Crippen molar-refractivity contribution in [1.29, 1.82) is 0 Å². The van der Waals surface area contributed by atoms with E-state index in [1.807, 2.05) is 0 Å². The molecule has 0 bridgehead atoms. The summed E-state index contributed by atoms with van der Waals surface area (Å²) in [6.45, 7) is 7.09. The number of nitrogens with zero attached hydrogens (tertiary/aromatic N) is 2. The third-order valence-electron chi connectivity index (χ3n) is 3.21. The molecule has 0 saturated carbocycles. The van der Waals surface area contributed by atoms with Crippen LogP contribution in [-0.4, -0.2) is 80.3 Å². The zero-order valence-corrected chi connectivity index (χ0v) is 10.7. The first kappa shape index (κ1) is 14.6. The van der Waals surface area contributed by atoms with E-state index in [0.29, 0.717) is 12.7 Å². The van der Waals surface area contributed by atoms with Gasteiger partial charge in [0.2, 0.25) is 0 Å². The lowest BCUT2D eigenvalue weighted by Gasteiger charge is -2.34. The summed E-state index contributed by atoms with van der Waals surface area (Å²) in [7, 11) is 1.73.